The fraction of sp³-hybridized carbons (Fsp3) is 1.00. The van der Waals surface area contributed by atoms with Gasteiger partial charge in [0.2, 0.25) is 0 Å². The molecule has 0 aliphatic heterocycles. The van der Waals surface area contributed by atoms with Gasteiger partial charge >= 0.3 is 0 Å². The molecule has 2 heteroatoms. The smallest absolute Gasteiger partial charge is 0.0108 e. The molecule has 1 saturated carbocycles. The number of rotatable bonds is 9. The van der Waals surface area contributed by atoms with Crippen molar-refractivity contribution < 1.29 is 0 Å². The van der Waals surface area contributed by atoms with Gasteiger partial charge in [-0.15, -0.1) is 0 Å². The van der Waals surface area contributed by atoms with Gasteiger partial charge in [-0.25, -0.2) is 0 Å². The standard InChI is InChI=1S/C18H38N2/c1-6-9-16-10-11-18(19-12-7-2)17(13-16)14-20(5)15(4)8-3/h15-19H,6-14H2,1-5H3. The molecule has 0 amide bonds. The molecule has 1 fully saturated rings. The Morgan fingerprint density at radius 3 is 2.50 bits per heavy atom. The molecule has 0 aromatic rings. The fourth-order valence-corrected chi connectivity index (χ4v) is 3.69. The van der Waals surface area contributed by atoms with Gasteiger partial charge in [0.05, 0.1) is 0 Å². The summed E-state index contributed by atoms with van der Waals surface area (Å²) in [4.78, 5) is 2.58. The molecule has 2 nitrogen and oxygen atoms in total. The van der Waals surface area contributed by atoms with Crippen LogP contribution in [0, 0.1) is 11.8 Å². The first kappa shape index (κ1) is 18.0. The molecule has 0 heterocycles. The van der Waals surface area contributed by atoms with Crippen LogP contribution in [0.3, 0.4) is 0 Å². The van der Waals surface area contributed by atoms with E-state index in [1.165, 1.54) is 58.0 Å². The molecule has 20 heavy (non-hydrogen) atoms. The van der Waals surface area contributed by atoms with Crippen molar-refractivity contribution in [1.29, 1.82) is 0 Å². The lowest BCUT2D eigenvalue weighted by Crippen LogP contribution is -2.46. The van der Waals surface area contributed by atoms with Crippen LogP contribution in [0.5, 0.6) is 0 Å². The highest BCUT2D eigenvalue weighted by molar-refractivity contribution is 4.86. The number of nitrogens with zero attached hydrogens (tertiary/aromatic N) is 1. The summed E-state index contributed by atoms with van der Waals surface area (Å²) in [6.07, 6.45) is 9.58. The first-order chi connectivity index (χ1) is 9.62. The van der Waals surface area contributed by atoms with E-state index in [2.05, 4.69) is 45.0 Å². The van der Waals surface area contributed by atoms with Crippen molar-refractivity contribution in [3.63, 3.8) is 0 Å². The summed E-state index contributed by atoms with van der Waals surface area (Å²) < 4.78 is 0. The average molecular weight is 283 g/mol. The van der Waals surface area contributed by atoms with Gasteiger partial charge in [-0.05, 0) is 64.5 Å². The van der Waals surface area contributed by atoms with E-state index in [0.717, 1.165) is 17.9 Å². The van der Waals surface area contributed by atoms with Crippen molar-refractivity contribution in [2.24, 2.45) is 11.8 Å². The highest BCUT2D eigenvalue weighted by atomic mass is 15.1. The molecular weight excluding hydrogens is 244 g/mol. The molecule has 4 atom stereocenters. The summed E-state index contributed by atoms with van der Waals surface area (Å²) in [5.41, 5.74) is 0. The molecule has 0 saturated heterocycles. The van der Waals surface area contributed by atoms with E-state index >= 15 is 0 Å². The zero-order chi connectivity index (χ0) is 15.0. The normalized spacial score (nSPS) is 28.8. The van der Waals surface area contributed by atoms with Gasteiger partial charge in [0, 0.05) is 18.6 Å². The van der Waals surface area contributed by atoms with Gasteiger partial charge in [-0.3, -0.25) is 0 Å². The zero-order valence-corrected chi connectivity index (χ0v) is 14.6. The van der Waals surface area contributed by atoms with E-state index in [0.29, 0.717) is 6.04 Å². The maximum Gasteiger partial charge on any atom is 0.0108 e. The van der Waals surface area contributed by atoms with Crippen LogP contribution in [-0.2, 0) is 0 Å². The third kappa shape index (κ3) is 5.73. The third-order valence-corrected chi connectivity index (χ3v) is 5.31. The number of hydrogen-bond donors (Lipinski definition) is 1. The molecule has 0 aromatic carbocycles. The lowest BCUT2D eigenvalue weighted by molar-refractivity contribution is 0.129. The van der Waals surface area contributed by atoms with Gasteiger partial charge in [-0.1, -0.05) is 33.6 Å². The first-order valence-corrected chi connectivity index (χ1v) is 9.05. The lowest BCUT2D eigenvalue weighted by atomic mass is 9.76. The minimum Gasteiger partial charge on any atom is -0.314 e. The molecule has 1 rings (SSSR count). The summed E-state index contributed by atoms with van der Waals surface area (Å²) in [6.45, 7) is 11.7. The quantitative estimate of drug-likeness (QED) is 0.678. The Labute approximate surface area is 127 Å². The Kier molecular flexibility index (Phi) is 8.79. The van der Waals surface area contributed by atoms with E-state index < -0.39 is 0 Å². The van der Waals surface area contributed by atoms with Crippen molar-refractivity contribution >= 4 is 0 Å². The van der Waals surface area contributed by atoms with E-state index in [-0.39, 0.29) is 0 Å². The predicted octanol–water partition coefficient (Wildman–Crippen LogP) is 4.30. The van der Waals surface area contributed by atoms with Gasteiger partial charge in [-0.2, -0.15) is 0 Å². The molecule has 1 aliphatic rings. The first-order valence-electron chi connectivity index (χ1n) is 9.05. The van der Waals surface area contributed by atoms with Crippen LogP contribution in [0.4, 0.5) is 0 Å². The van der Waals surface area contributed by atoms with Gasteiger partial charge in [0.25, 0.3) is 0 Å². The lowest BCUT2D eigenvalue weighted by Gasteiger charge is -2.40. The summed E-state index contributed by atoms with van der Waals surface area (Å²) in [5, 5.41) is 3.82. The Bertz CT molecular complexity index is 242. The highest BCUT2D eigenvalue weighted by Crippen LogP contribution is 2.33. The Hall–Kier alpha value is -0.0800. The molecule has 0 radical (unpaired) electrons. The zero-order valence-electron chi connectivity index (χ0n) is 14.6. The predicted molar refractivity (Wildman–Crippen MR) is 90.2 cm³/mol. The maximum atomic E-state index is 3.82. The van der Waals surface area contributed by atoms with Crippen LogP contribution in [0.1, 0.15) is 72.6 Å². The molecule has 1 aliphatic carbocycles. The van der Waals surface area contributed by atoms with Crippen LogP contribution < -0.4 is 5.32 Å². The van der Waals surface area contributed by atoms with Crippen LogP contribution in [0.25, 0.3) is 0 Å². The number of nitrogens with one attached hydrogen (secondary N) is 1. The van der Waals surface area contributed by atoms with E-state index in [1.807, 2.05) is 0 Å². The Morgan fingerprint density at radius 2 is 1.90 bits per heavy atom. The Morgan fingerprint density at radius 1 is 1.15 bits per heavy atom. The summed E-state index contributed by atoms with van der Waals surface area (Å²) in [7, 11) is 2.31. The Balaban J connectivity index is 2.56. The fourth-order valence-electron chi connectivity index (χ4n) is 3.69. The second-order valence-electron chi connectivity index (χ2n) is 6.99. The SMILES string of the molecule is CCCNC1CCC(CCC)CC1CN(C)C(C)CC. The molecule has 0 spiro atoms. The van der Waals surface area contributed by atoms with Crippen molar-refractivity contribution in [1.82, 2.24) is 10.2 Å². The van der Waals surface area contributed by atoms with Crippen LogP contribution >= 0.6 is 0 Å². The molecule has 0 bridgehead atoms. The topological polar surface area (TPSA) is 15.3 Å². The van der Waals surface area contributed by atoms with Crippen molar-refractivity contribution in [2.75, 3.05) is 20.1 Å². The van der Waals surface area contributed by atoms with Crippen LogP contribution in [0.15, 0.2) is 0 Å². The second-order valence-corrected chi connectivity index (χ2v) is 6.99. The molecular formula is C18H38N2. The van der Waals surface area contributed by atoms with E-state index in [1.54, 1.807) is 0 Å². The second kappa shape index (κ2) is 9.78. The van der Waals surface area contributed by atoms with Crippen molar-refractivity contribution in [2.45, 2.75) is 84.7 Å². The largest absolute Gasteiger partial charge is 0.314 e. The van der Waals surface area contributed by atoms with Crippen LogP contribution in [0.2, 0.25) is 0 Å². The summed E-state index contributed by atoms with van der Waals surface area (Å²) in [6, 6.07) is 1.47. The summed E-state index contributed by atoms with van der Waals surface area (Å²) in [5.74, 6) is 1.83. The van der Waals surface area contributed by atoms with Gasteiger partial charge < -0.3 is 10.2 Å². The van der Waals surface area contributed by atoms with Crippen molar-refractivity contribution in [3.8, 4) is 0 Å². The maximum absolute atomic E-state index is 3.82. The third-order valence-electron chi connectivity index (χ3n) is 5.31. The molecule has 0 aromatic heterocycles. The molecule has 1 N–H and O–H groups in total. The van der Waals surface area contributed by atoms with Crippen LogP contribution in [-0.4, -0.2) is 37.1 Å². The minimum atomic E-state index is 0.716. The highest BCUT2D eigenvalue weighted by Gasteiger charge is 2.30. The minimum absolute atomic E-state index is 0.716. The van der Waals surface area contributed by atoms with Gasteiger partial charge in [0.1, 0.15) is 0 Å². The molecule has 120 valence electrons. The summed E-state index contributed by atoms with van der Waals surface area (Å²) >= 11 is 0. The monoisotopic (exact) mass is 282 g/mol. The average Bonchev–Trinajstić information content (AvgIpc) is 2.45. The van der Waals surface area contributed by atoms with E-state index in [4.69, 9.17) is 0 Å². The van der Waals surface area contributed by atoms with Gasteiger partial charge in [0.15, 0.2) is 0 Å². The van der Waals surface area contributed by atoms with E-state index in [9.17, 15) is 0 Å². The molecule has 4 unspecified atom stereocenters. The van der Waals surface area contributed by atoms with Crippen molar-refractivity contribution in [3.05, 3.63) is 0 Å². The number of hydrogen-bond acceptors (Lipinski definition) is 2.